The summed E-state index contributed by atoms with van der Waals surface area (Å²) in [7, 11) is 2.00. The molecule has 0 unspecified atom stereocenters. The smallest absolute Gasteiger partial charge is 0.374 e. The van der Waals surface area contributed by atoms with Gasteiger partial charge in [0.15, 0.2) is 0 Å². The molecule has 0 spiro atoms. The Bertz CT molecular complexity index is 546. The number of hydrogen-bond donors (Lipinski definition) is 1. The Hall–Kier alpha value is -1.76. The maximum atomic E-state index is 12.1. The van der Waals surface area contributed by atoms with Gasteiger partial charge in [-0.15, -0.1) is 0 Å². The molecule has 0 saturated heterocycles. The fraction of sp³-hybridized carbons (Fsp3) is 0.533. The summed E-state index contributed by atoms with van der Waals surface area (Å²) in [5.41, 5.74) is 2.81. The number of benzene rings is 1. The second-order valence-corrected chi connectivity index (χ2v) is 5.43. The molecule has 1 heterocycles. The van der Waals surface area contributed by atoms with Gasteiger partial charge in [0, 0.05) is 25.0 Å². The third-order valence-electron chi connectivity index (χ3n) is 3.56. The van der Waals surface area contributed by atoms with E-state index in [-0.39, 0.29) is 0 Å². The zero-order chi connectivity index (χ0) is 16.3. The van der Waals surface area contributed by atoms with Crippen LogP contribution >= 0.6 is 0 Å². The van der Waals surface area contributed by atoms with E-state index in [1.54, 1.807) is 6.07 Å². The third kappa shape index (κ3) is 4.37. The number of rotatable bonds is 4. The number of hydrogen-bond acceptors (Lipinski definition) is 3. The quantitative estimate of drug-likeness (QED) is 0.928. The molecule has 2 rings (SSSR count). The molecule has 1 aliphatic heterocycles. The first-order valence-electron chi connectivity index (χ1n) is 7.09. The molecular formula is C15H19F3N2O2. The number of carbonyl (C=O) groups is 1. The van der Waals surface area contributed by atoms with Gasteiger partial charge in [0.1, 0.15) is 12.7 Å². The first-order chi connectivity index (χ1) is 10.3. The molecule has 7 heteroatoms. The Labute approximate surface area is 127 Å². The van der Waals surface area contributed by atoms with E-state index in [9.17, 15) is 18.0 Å². The Kier molecular flexibility index (Phi) is 4.95. The normalized spacial score (nSPS) is 16.1. The average molecular weight is 316 g/mol. The van der Waals surface area contributed by atoms with Gasteiger partial charge in [-0.3, -0.25) is 4.79 Å². The number of nitrogens with one attached hydrogen (secondary N) is 1. The van der Waals surface area contributed by atoms with Crippen molar-refractivity contribution in [3.05, 3.63) is 23.8 Å². The monoisotopic (exact) mass is 316 g/mol. The lowest BCUT2D eigenvalue weighted by molar-refractivity contribution is -0.184. The van der Waals surface area contributed by atoms with Crippen LogP contribution in [0.1, 0.15) is 18.9 Å². The summed E-state index contributed by atoms with van der Waals surface area (Å²) in [4.78, 5) is 14.0. The Balaban J connectivity index is 1.97. The largest absolute Gasteiger partial charge is 0.411 e. The molecule has 0 radical (unpaired) electrons. The van der Waals surface area contributed by atoms with Crippen molar-refractivity contribution in [1.82, 2.24) is 0 Å². The molecular weight excluding hydrogens is 297 g/mol. The van der Waals surface area contributed by atoms with Crippen LogP contribution in [-0.2, 0) is 16.0 Å². The van der Waals surface area contributed by atoms with Crippen molar-refractivity contribution < 1.29 is 22.7 Å². The summed E-state index contributed by atoms with van der Waals surface area (Å²) in [6, 6.07) is 5.51. The van der Waals surface area contributed by atoms with Gasteiger partial charge in [-0.1, -0.05) is 0 Å². The minimum absolute atomic E-state index is 0.571. The second-order valence-electron chi connectivity index (χ2n) is 5.43. The lowest BCUT2D eigenvalue weighted by Gasteiger charge is -2.28. The van der Waals surface area contributed by atoms with Crippen LogP contribution in [0.15, 0.2) is 18.2 Å². The number of nitrogens with zero attached hydrogens (tertiary/aromatic N) is 1. The average Bonchev–Trinajstić information content (AvgIpc) is 2.44. The molecule has 0 fully saturated rings. The highest BCUT2D eigenvalue weighted by Gasteiger charge is 2.30. The van der Waals surface area contributed by atoms with Crippen molar-refractivity contribution in [3.63, 3.8) is 0 Å². The number of ether oxygens (including phenoxy) is 1. The lowest BCUT2D eigenvalue weighted by Crippen LogP contribution is -2.31. The number of amides is 1. The van der Waals surface area contributed by atoms with E-state index in [0.717, 1.165) is 30.6 Å². The highest BCUT2D eigenvalue weighted by atomic mass is 19.4. The SMILES string of the molecule is C[C@H](OCC(F)(F)F)C(=O)Nc1ccc2c(c1)CCCN2C. The van der Waals surface area contributed by atoms with E-state index in [2.05, 4.69) is 15.0 Å². The molecule has 0 saturated carbocycles. The van der Waals surface area contributed by atoms with E-state index in [1.807, 2.05) is 19.2 Å². The van der Waals surface area contributed by atoms with Crippen molar-refractivity contribution >= 4 is 17.3 Å². The van der Waals surface area contributed by atoms with Crippen molar-refractivity contribution in [3.8, 4) is 0 Å². The minimum Gasteiger partial charge on any atom is -0.374 e. The summed E-state index contributed by atoms with van der Waals surface area (Å²) in [5, 5.41) is 2.59. The highest BCUT2D eigenvalue weighted by molar-refractivity contribution is 5.94. The van der Waals surface area contributed by atoms with Crippen LogP contribution in [0.2, 0.25) is 0 Å². The summed E-state index contributed by atoms with van der Waals surface area (Å²) < 4.78 is 40.7. The lowest BCUT2D eigenvalue weighted by atomic mass is 10.0. The van der Waals surface area contributed by atoms with Crippen molar-refractivity contribution in [2.75, 3.05) is 30.4 Å². The van der Waals surface area contributed by atoms with Crippen molar-refractivity contribution in [1.29, 1.82) is 0 Å². The van der Waals surface area contributed by atoms with Gasteiger partial charge < -0.3 is 15.0 Å². The molecule has 4 nitrogen and oxygen atoms in total. The molecule has 1 aromatic carbocycles. The van der Waals surface area contributed by atoms with Gasteiger partial charge in [0.25, 0.3) is 5.91 Å². The molecule has 1 aliphatic rings. The maximum Gasteiger partial charge on any atom is 0.411 e. The minimum atomic E-state index is -4.44. The van der Waals surface area contributed by atoms with E-state index < -0.39 is 24.8 Å². The van der Waals surface area contributed by atoms with Crippen LogP contribution in [0.5, 0.6) is 0 Å². The van der Waals surface area contributed by atoms with E-state index in [4.69, 9.17) is 0 Å². The Morgan fingerprint density at radius 3 is 2.86 bits per heavy atom. The second kappa shape index (κ2) is 6.56. The molecule has 1 amide bonds. The number of alkyl halides is 3. The van der Waals surface area contributed by atoms with E-state index in [0.29, 0.717) is 5.69 Å². The first kappa shape index (κ1) is 16.6. The van der Waals surface area contributed by atoms with Crippen LogP contribution in [-0.4, -0.2) is 38.4 Å². The predicted octanol–water partition coefficient (Wildman–Crippen LogP) is 2.97. The molecule has 0 aliphatic carbocycles. The maximum absolute atomic E-state index is 12.1. The molecule has 22 heavy (non-hydrogen) atoms. The Morgan fingerprint density at radius 2 is 2.18 bits per heavy atom. The molecule has 0 bridgehead atoms. The molecule has 1 N–H and O–H groups in total. The summed E-state index contributed by atoms with van der Waals surface area (Å²) in [6.45, 7) is 0.852. The first-order valence-corrected chi connectivity index (χ1v) is 7.09. The number of anilines is 2. The number of fused-ring (bicyclic) bond motifs is 1. The van der Waals surface area contributed by atoms with Gasteiger partial charge in [0.05, 0.1) is 0 Å². The number of aryl methyl sites for hydroxylation is 1. The van der Waals surface area contributed by atoms with Crippen LogP contribution in [0.3, 0.4) is 0 Å². The zero-order valence-electron chi connectivity index (χ0n) is 12.5. The van der Waals surface area contributed by atoms with Crippen molar-refractivity contribution in [2.45, 2.75) is 32.0 Å². The van der Waals surface area contributed by atoms with Gasteiger partial charge in [-0.25, -0.2) is 0 Å². The zero-order valence-corrected chi connectivity index (χ0v) is 12.5. The summed E-state index contributed by atoms with van der Waals surface area (Å²) in [5.74, 6) is -0.589. The van der Waals surface area contributed by atoms with Crippen molar-refractivity contribution in [2.24, 2.45) is 0 Å². The molecule has 122 valence electrons. The van der Waals surface area contributed by atoms with Crippen LogP contribution in [0.4, 0.5) is 24.5 Å². The van der Waals surface area contributed by atoms with Gasteiger partial charge in [0.2, 0.25) is 0 Å². The predicted molar refractivity (Wildman–Crippen MR) is 78.1 cm³/mol. The fourth-order valence-electron chi connectivity index (χ4n) is 2.40. The van der Waals surface area contributed by atoms with E-state index in [1.165, 1.54) is 6.92 Å². The fourth-order valence-corrected chi connectivity index (χ4v) is 2.40. The highest BCUT2D eigenvalue weighted by Crippen LogP contribution is 2.28. The van der Waals surface area contributed by atoms with Gasteiger partial charge >= 0.3 is 6.18 Å². The van der Waals surface area contributed by atoms with Gasteiger partial charge in [-0.05, 0) is 43.5 Å². The molecule has 1 aromatic rings. The third-order valence-corrected chi connectivity index (χ3v) is 3.56. The summed E-state index contributed by atoms with van der Waals surface area (Å²) >= 11 is 0. The van der Waals surface area contributed by atoms with Crippen LogP contribution in [0.25, 0.3) is 0 Å². The number of halogens is 3. The molecule has 1 atom stereocenters. The topological polar surface area (TPSA) is 41.6 Å². The standard InChI is InChI=1S/C15H19F3N2O2/c1-10(22-9-15(16,17)18)14(21)19-12-5-6-13-11(8-12)4-3-7-20(13)2/h5-6,8,10H,3-4,7,9H2,1-2H3,(H,19,21)/t10-/m0/s1. The van der Waals surface area contributed by atoms with Gasteiger partial charge in [-0.2, -0.15) is 13.2 Å². The Morgan fingerprint density at radius 1 is 1.45 bits per heavy atom. The number of carbonyl (C=O) groups excluding carboxylic acids is 1. The van der Waals surface area contributed by atoms with E-state index >= 15 is 0 Å². The molecule has 0 aromatic heterocycles. The van der Waals surface area contributed by atoms with Crippen LogP contribution in [0, 0.1) is 0 Å². The van der Waals surface area contributed by atoms with Crippen LogP contribution < -0.4 is 10.2 Å². The summed E-state index contributed by atoms with van der Waals surface area (Å²) in [6.07, 6.45) is -3.65.